The van der Waals surface area contributed by atoms with Crippen molar-refractivity contribution in [2.75, 3.05) is 5.73 Å². The number of anilines is 1. The molecule has 0 fully saturated rings. The SMILES string of the molecule is C/C=C\c1cc(-c2cccc(C/C=C(\NC(N)c3ccccc3)c3cccc4c3-c3cc5ccccc5cc3C4(C)C)c2)ccc1N. The number of benzene rings is 6. The van der Waals surface area contributed by atoms with E-state index in [-0.39, 0.29) is 11.6 Å². The predicted molar refractivity (Wildman–Crippen MR) is 201 cm³/mol. The van der Waals surface area contributed by atoms with E-state index in [1.807, 2.05) is 37.3 Å². The zero-order valence-electron chi connectivity index (χ0n) is 27.3. The summed E-state index contributed by atoms with van der Waals surface area (Å²) in [5.74, 6) is 0. The van der Waals surface area contributed by atoms with E-state index in [2.05, 4.69) is 134 Å². The van der Waals surface area contributed by atoms with Crippen molar-refractivity contribution in [3.63, 3.8) is 0 Å². The number of hydrogen-bond donors (Lipinski definition) is 3. The molecule has 1 aliphatic rings. The van der Waals surface area contributed by atoms with Gasteiger partial charge in [-0.05, 0) is 98.5 Å². The maximum absolute atomic E-state index is 6.85. The summed E-state index contributed by atoms with van der Waals surface area (Å²) in [4.78, 5) is 0. The molecule has 0 saturated heterocycles. The van der Waals surface area contributed by atoms with E-state index in [1.54, 1.807) is 0 Å². The van der Waals surface area contributed by atoms with Crippen LogP contribution < -0.4 is 16.8 Å². The van der Waals surface area contributed by atoms with Crippen LogP contribution in [0.5, 0.6) is 0 Å². The fraction of sp³-hybridized carbons (Fsp3) is 0.136. The number of allylic oxidation sites excluding steroid dienone is 2. The number of fused-ring (bicyclic) bond motifs is 4. The van der Waals surface area contributed by atoms with E-state index in [9.17, 15) is 0 Å². The van der Waals surface area contributed by atoms with Crippen LogP contribution in [0.1, 0.15) is 60.3 Å². The van der Waals surface area contributed by atoms with Crippen LogP contribution in [0, 0.1) is 0 Å². The Balaban J connectivity index is 1.33. The van der Waals surface area contributed by atoms with Gasteiger partial charge in [-0.3, -0.25) is 0 Å². The van der Waals surface area contributed by atoms with E-state index in [0.717, 1.165) is 34.5 Å². The Morgan fingerprint density at radius 3 is 2.26 bits per heavy atom. The molecule has 6 aromatic carbocycles. The average Bonchev–Trinajstić information content (AvgIpc) is 3.32. The van der Waals surface area contributed by atoms with Gasteiger partial charge in [0.25, 0.3) is 0 Å². The highest BCUT2D eigenvalue weighted by atomic mass is 15.0. The van der Waals surface area contributed by atoms with Crippen LogP contribution >= 0.6 is 0 Å². The van der Waals surface area contributed by atoms with Gasteiger partial charge >= 0.3 is 0 Å². The molecule has 232 valence electrons. The van der Waals surface area contributed by atoms with Gasteiger partial charge in [0.05, 0.1) is 0 Å². The average molecular weight is 612 g/mol. The maximum atomic E-state index is 6.85. The molecule has 0 heterocycles. The first-order chi connectivity index (χ1) is 22.8. The summed E-state index contributed by atoms with van der Waals surface area (Å²) in [5.41, 5.74) is 26.8. The minimum atomic E-state index is -0.366. The van der Waals surface area contributed by atoms with Gasteiger partial charge in [-0.15, -0.1) is 0 Å². The van der Waals surface area contributed by atoms with Crippen LogP contribution in [0.25, 0.3) is 44.8 Å². The monoisotopic (exact) mass is 611 g/mol. The minimum absolute atomic E-state index is 0.128. The van der Waals surface area contributed by atoms with E-state index < -0.39 is 0 Å². The predicted octanol–water partition coefficient (Wildman–Crippen LogP) is 10.3. The Hall–Kier alpha value is -5.38. The van der Waals surface area contributed by atoms with Crippen LogP contribution in [0.3, 0.4) is 0 Å². The van der Waals surface area contributed by atoms with E-state index in [4.69, 9.17) is 11.5 Å². The van der Waals surface area contributed by atoms with Gasteiger partial charge in [-0.1, -0.05) is 135 Å². The van der Waals surface area contributed by atoms with Crippen LogP contribution in [0.4, 0.5) is 5.69 Å². The van der Waals surface area contributed by atoms with Crippen LogP contribution in [0.15, 0.2) is 140 Å². The molecule has 0 bridgehead atoms. The second-order valence-electron chi connectivity index (χ2n) is 13.0. The molecule has 7 rings (SSSR count). The van der Waals surface area contributed by atoms with Crippen molar-refractivity contribution in [2.45, 2.75) is 38.8 Å². The van der Waals surface area contributed by atoms with E-state index in [0.29, 0.717) is 0 Å². The third-order valence-corrected chi connectivity index (χ3v) is 9.56. The summed E-state index contributed by atoms with van der Waals surface area (Å²) in [6, 6.07) is 45.4. The summed E-state index contributed by atoms with van der Waals surface area (Å²) in [6.07, 6.45) is 6.76. The molecule has 3 heteroatoms. The molecule has 0 aliphatic heterocycles. The van der Waals surface area contributed by atoms with Gasteiger partial charge in [0.15, 0.2) is 0 Å². The quantitative estimate of drug-likeness (QED) is 0.119. The Labute approximate surface area is 278 Å². The zero-order valence-corrected chi connectivity index (χ0v) is 27.3. The minimum Gasteiger partial charge on any atom is -0.398 e. The van der Waals surface area contributed by atoms with Gasteiger partial charge in [0, 0.05) is 22.4 Å². The number of hydrogen-bond acceptors (Lipinski definition) is 3. The fourth-order valence-corrected chi connectivity index (χ4v) is 7.03. The Bertz CT molecular complexity index is 2150. The van der Waals surface area contributed by atoms with Crippen molar-refractivity contribution in [3.05, 3.63) is 173 Å². The largest absolute Gasteiger partial charge is 0.398 e. The molecule has 0 saturated carbocycles. The molecule has 5 N–H and O–H groups in total. The molecule has 0 amide bonds. The Morgan fingerprint density at radius 1 is 0.745 bits per heavy atom. The summed E-state index contributed by atoms with van der Waals surface area (Å²) < 4.78 is 0. The fourth-order valence-electron chi connectivity index (χ4n) is 7.03. The van der Waals surface area contributed by atoms with Crippen molar-refractivity contribution in [1.29, 1.82) is 0 Å². The van der Waals surface area contributed by atoms with Crippen LogP contribution in [0.2, 0.25) is 0 Å². The van der Waals surface area contributed by atoms with Crippen molar-refractivity contribution in [1.82, 2.24) is 5.32 Å². The normalized spacial score (nSPS) is 14.3. The lowest BCUT2D eigenvalue weighted by Gasteiger charge is -2.23. The maximum Gasteiger partial charge on any atom is 0.101 e. The van der Waals surface area contributed by atoms with Crippen molar-refractivity contribution in [3.8, 4) is 22.3 Å². The number of nitrogens with two attached hydrogens (primary N) is 2. The van der Waals surface area contributed by atoms with Crippen molar-refractivity contribution in [2.24, 2.45) is 5.73 Å². The first-order valence-electron chi connectivity index (χ1n) is 16.4. The second kappa shape index (κ2) is 12.4. The summed E-state index contributed by atoms with van der Waals surface area (Å²) >= 11 is 0. The summed E-state index contributed by atoms with van der Waals surface area (Å²) in [5, 5.41) is 6.26. The molecule has 1 atom stereocenters. The molecular weight excluding hydrogens is 571 g/mol. The van der Waals surface area contributed by atoms with Crippen molar-refractivity contribution >= 4 is 28.2 Å². The van der Waals surface area contributed by atoms with Gasteiger partial charge in [-0.2, -0.15) is 0 Å². The van der Waals surface area contributed by atoms with Crippen molar-refractivity contribution < 1.29 is 0 Å². The highest BCUT2D eigenvalue weighted by Crippen LogP contribution is 2.52. The number of rotatable bonds is 8. The number of nitrogens with one attached hydrogen (secondary N) is 1. The standard InChI is InChI=1S/C44H41N3/c1-4-12-35-26-34(22-23-40(35)45)31-18-10-13-29(25-31)21-24-41(47-43(46)30-14-6-5-7-15-30)36-19-11-20-38-42(36)37-27-32-16-8-9-17-33(32)28-39(37)44(38,2)3/h4-20,22-28,43,47H,21,45-46H2,1-3H3/b12-4-,41-24-. The summed E-state index contributed by atoms with van der Waals surface area (Å²) in [7, 11) is 0. The van der Waals surface area contributed by atoms with Gasteiger partial charge < -0.3 is 16.8 Å². The van der Waals surface area contributed by atoms with Gasteiger partial charge in [0.1, 0.15) is 6.17 Å². The van der Waals surface area contributed by atoms with Gasteiger partial charge in [0.2, 0.25) is 0 Å². The second-order valence-corrected chi connectivity index (χ2v) is 13.0. The molecule has 1 unspecified atom stereocenters. The van der Waals surface area contributed by atoms with E-state index in [1.165, 1.54) is 49.7 Å². The topological polar surface area (TPSA) is 64.1 Å². The Morgan fingerprint density at radius 2 is 1.47 bits per heavy atom. The smallest absolute Gasteiger partial charge is 0.101 e. The molecule has 0 radical (unpaired) electrons. The summed E-state index contributed by atoms with van der Waals surface area (Å²) in [6.45, 7) is 6.69. The molecule has 1 aliphatic carbocycles. The first-order valence-corrected chi connectivity index (χ1v) is 16.4. The lowest BCUT2D eigenvalue weighted by molar-refractivity contribution is 0.659. The molecule has 6 aromatic rings. The molecule has 0 aromatic heterocycles. The van der Waals surface area contributed by atoms with Crippen LogP contribution in [-0.4, -0.2) is 0 Å². The highest BCUT2D eigenvalue weighted by molar-refractivity contribution is 5.97. The van der Waals surface area contributed by atoms with Gasteiger partial charge in [-0.25, -0.2) is 0 Å². The lowest BCUT2D eigenvalue weighted by Crippen LogP contribution is -2.28. The molecular formula is C44H41N3. The molecule has 47 heavy (non-hydrogen) atoms. The van der Waals surface area contributed by atoms with E-state index >= 15 is 0 Å². The first kappa shape index (κ1) is 30.3. The van der Waals surface area contributed by atoms with Crippen LogP contribution in [-0.2, 0) is 11.8 Å². The lowest BCUT2D eigenvalue weighted by atomic mass is 9.81. The molecule has 0 spiro atoms. The molecule has 3 nitrogen and oxygen atoms in total. The third-order valence-electron chi connectivity index (χ3n) is 9.56. The number of nitrogen functional groups attached to an aromatic ring is 1. The Kier molecular flexibility index (Phi) is 8.01. The third kappa shape index (κ3) is 5.75. The highest BCUT2D eigenvalue weighted by Gasteiger charge is 2.37. The zero-order chi connectivity index (χ0) is 32.5.